The van der Waals surface area contributed by atoms with E-state index in [0.717, 1.165) is 25.2 Å². The third-order valence-electron chi connectivity index (χ3n) is 3.18. The van der Waals surface area contributed by atoms with E-state index in [9.17, 15) is 4.79 Å². The van der Waals surface area contributed by atoms with Gasteiger partial charge >= 0.3 is 0 Å². The van der Waals surface area contributed by atoms with E-state index in [0.29, 0.717) is 18.3 Å². The molecule has 4 N–H and O–H groups in total. The molecule has 5 nitrogen and oxygen atoms in total. The number of pyridine rings is 1. The molecule has 1 atom stereocenters. The second-order valence-corrected chi connectivity index (χ2v) is 4.32. The first-order chi connectivity index (χ1) is 8.22. The summed E-state index contributed by atoms with van der Waals surface area (Å²) in [5.74, 6) is 0.310. The number of rotatable bonds is 3. The molecule has 0 aliphatic carbocycles. The summed E-state index contributed by atoms with van der Waals surface area (Å²) >= 11 is 0. The molecule has 1 aliphatic heterocycles. The first kappa shape index (κ1) is 11.9. The molecule has 1 saturated heterocycles. The van der Waals surface area contributed by atoms with Gasteiger partial charge in [-0.3, -0.25) is 4.79 Å². The van der Waals surface area contributed by atoms with E-state index in [1.807, 2.05) is 12.1 Å². The van der Waals surface area contributed by atoms with Gasteiger partial charge in [0.15, 0.2) is 0 Å². The Hall–Kier alpha value is -1.62. The van der Waals surface area contributed by atoms with Gasteiger partial charge in [-0.25, -0.2) is 4.98 Å². The van der Waals surface area contributed by atoms with Gasteiger partial charge in [0, 0.05) is 19.1 Å². The normalized spacial score (nSPS) is 20.3. The van der Waals surface area contributed by atoms with Gasteiger partial charge in [0.25, 0.3) is 5.91 Å². The van der Waals surface area contributed by atoms with Crippen LogP contribution in [0, 0.1) is 0 Å². The van der Waals surface area contributed by atoms with Crippen molar-refractivity contribution in [3.05, 3.63) is 23.9 Å². The molecule has 5 heteroatoms. The lowest BCUT2D eigenvalue weighted by molar-refractivity contribution is 0.0995. The molecular formula is C12H18N4O. The number of nitrogens with two attached hydrogens (primary N) is 2. The molecular weight excluding hydrogens is 216 g/mol. The summed E-state index contributed by atoms with van der Waals surface area (Å²) in [5, 5.41) is 0. The zero-order valence-corrected chi connectivity index (χ0v) is 9.80. The lowest BCUT2D eigenvalue weighted by Crippen LogP contribution is -2.44. The van der Waals surface area contributed by atoms with E-state index in [1.54, 1.807) is 6.07 Å². The monoisotopic (exact) mass is 234 g/mol. The van der Waals surface area contributed by atoms with Gasteiger partial charge in [0.05, 0.1) is 0 Å². The Morgan fingerprint density at radius 2 is 2.29 bits per heavy atom. The lowest BCUT2D eigenvalue weighted by atomic mass is 10.0. The number of hydrogen-bond acceptors (Lipinski definition) is 4. The Morgan fingerprint density at radius 3 is 3.00 bits per heavy atom. The van der Waals surface area contributed by atoms with Gasteiger partial charge in [0.2, 0.25) is 0 Å². The van der Waals surface area contributed by atoms with Crippen LogP contribution >= 0.6 is 0 Å². The van der Waals surface area contributed by atoms with Crippen LogP contribution in [0.15, 0.2) is 18.2 Å². The van der Waals surface area contributed by atoms with E-state index in [4.69, 9.17) is 11.5 Å². The SMILES string of the molecule is NCC1CCCCN1c1cccc(C(N)=O)n1. The van der Waals surface area contributed by atoms with Gasteiger partial charge in [0.1, 0.15) is 11.5 Å². The predicted octanol–water partition coefficient (Wildman–Crippen LogP) is 0.498. The second kappa shape index (κ2) is 5.14. The summed E-state index contributed by atoms with van der Waals surface area (Å²) in [6.07, 6.45) is 3.42. The maximum absolute atomic E-state index is 11.1. The first-order valence-corrected chi connectivity index (χ1v) is 5.96. The largest absolute Gasteiger partial charge is 0.364 e. The highest BCUT2D eigenvalue weighted by Gasteiger charge is 2.22. The number of piperidine rings is 1. The summed E-state index contributed by atoms with van der Waals surface area (Å²) in [4.78, 5) is 17.6. The number of carbonyl (C=O) groups excluding carboxylic acids is 1. The lowest BCUT2D eigenvalue weighted by Gasteiger charge is -2.36. The van der Waals surface area contributed by atoms with E-state index in [-0.39, 0.29) is 0 Å². The van der Waals surface area contributed by atoms with Crippen molar-refractivity contribution in [3.63, 3.8) is 0 Å². The Kier molecular flexibility index (Phi) is 3.58. The van der Waals surface area contributed by atoms with Gasteiger partial charge in [-0.2, -0.15) is 0 Å². The van der Waals surface area contributed by atoms with Crippen LogP contribution < -0.4 is 16.4 Å². The number of carbonyl (C=O) groups is 1. The molecule has 0 aromatic carbocycles. The van der Waals surface area contributed by atoms with Crippen LogP contribution in [0.1, 0.15) is 29.8 Å². The van der Waals surface area contributed by atoms with Crippen molar-refractivity contribution in [1.82, 2.24) is 4.98 Å². The Bertz CT molecular complexity index is 407. The number of amides is 1. The fourth-order valence-electron chi connectivity index (χ4n) is 2.27. The fourth-order valence-corrected chi connectivity index (χ4v) is 2.27. The van der Waals surface area contributed by atoms with Gasteiger partial charge in [-0.1, -0.05) is 6.07 Å². The van der Waals surface area contributed by atoms with Crippen LogP contribution in [0.2, 0.25) is 0 Å². The highest BCUT2D eigenvalue weighted by atomic mass is 16.1. The molecule has 2 heterocycles. The van der Waals surface area contributed by atoms with E-state index in [1.165, 1.54) is 6.42 Å². The molecule has 1 aromatic rings. The summed E-state index contributed by atoms with van der Waals surface area (Å²) in [5.41, 5.74) is 11.3. The highest BCUT2D eigenvalue weighted by Crippen LogP contribution is 2.22. The molecule has 1 aliphatic rings. The number of aromatic nitrogens is 1. The summed E-state index contributed by atoms with van der Waals surface area (Å²) in [6, 6.07) is 5.66. The number of hydrogen-bond donors (Lipinski definition) is 2. The van der Waals surface area contributed by atoms with Crippen molar-refractivity contribution in [2.45, 2.75) is 25.3 Å². The summed E-state index contributed by atoms with van der Waals surface area (Å²) in [7, 11) is 0. The van der Waals surface area contributed by atoms with E-state index < -0.39 is 5.91 Å². The van der Waals surface area contributed by atoms with Crippen LogP contribution in [0.3, 0.4) is 0 Å². The standard InChI is InChI=1S/C12H18N4O/c13-8-9-4-1-2-7-16(9)11-6-3-5-10(15-11)12(14)17/h3,5-6,9H,1-2,4,7-8,13H2,(H2,14,17). The van der Waals surface area contributed by atoms with Crippen LogP contribution in [0.4, 0.5) is 5.82 Å². The van der Waals surface area contributed by atoms with Gasteiger partial charge in [-0.15, -0.1) is 0 Å². The number of primary amides is 1. The zero-order valence-electron chi connectivity index (χ0n) is 9.80. The minimum absolute atomic E-state index is 0.309. The number of nitrogens with zero attached hydrogens (tertiary/aromatic N) is 2. The van der Waals surface area contributed by atoms with E-state index >= 15 is 0 Å². The van der Waals surface area contributed by atoms with Crippen molar-refractivity contribution in [2.75, 3.05) is 18.0 Å². The molecule has 0 spiro atoms. The zero-order chi connectivity index (χ0) is 12.3. The Balaban J connectivity index is 2.25. The molecule has 1 unspecified atom stereocenters. The molecule has 1 fully saturated rings. The fraction of sp³-hybridized carbons (Fsp3) is 0.500. The molecule has 17 heavy (non-hydrogen) atoms. The molecule has 92 valence electrons. The Morgan fingerprint density at radius 1 is 1.47 bits per heavy atom. The van der Waals surface area contributed by atoms with Crippen LogP contribution in [-0.2, 0) is 0 Å². The van der Waals surface area contributed by atoms with Crippen LogP contribution in [0.25, 0.3) is 0 Å². The summed E-state index contributed by atoms with van der Waals surface area (Å²) < 4.78 is 0. The van der Waals surface area contributed by atoms with Crippen LogP contribution in [0.5, 0.6) is 0 Å². The van der Waals surface area contributed by atoms with Crippen molar-refractivity contribution >= 4 is 11.7 Å². The van der Waals surface area contributed by atoms with E-state index in [2.05, 4.69) is 9.88 Å². The molecule has 1 aromatic heterocycles. The second-order valence-electron chi connectivity index (χ2n) is 4.32. The van der Waals surface area contributed by atoms with Crippen molar-refractivity contribution in [1.29, 1.82) is 0 Å². The highest BCUT2D eigenvalue weighted by molar-refractivity contribution is 5.91. The topological polar surface area (TPSA) is 85.2 Å². The van der Waals surface area contributed by atoms with Crippen LogP contribution in [-0.4, -0.2) is 30.0 Å². The maximum atomic E-state index is 11.1. The predicted molar refractivity (Wildman–Crippen MR) is 66.8 cm³/mol. The molecule has 0 saturated carbocycles. The average molecular weight is 234 g/mol. The van der Waals surface area contributed by atoms with Crippen molar-refractivity contribution < 1.29 is 4.79 Å². The smallest absolute Gasteiger partial charge is 0.267 e. The molecule has 0 radical (unpaired) electrons. The minimum Gasteiger partial charge on any atom is -0.364 e. The molecule has 1 amide bonds. The number of anilines is 1. The van der Waals surface area contributed by atoms with Crippen molar-refractivity contribution in [3.8, 4) is 0 Å². The van der Waals surface area contributed by atoms with Crippen molar-refractivity contribution in [2.24, 2.45) is 11.5 Å². The molecule has 0 bridgehead atoms. The third-order valence-corrected chi connectivity index (χ3v) is 3.18. The molecule has 2 rings (SSSR count). The summed E-state index contributed by atoms with van der Waals surface area (Å²) in [6.45, 7) is 1.56. The quantitative estimate of drug-likeness (QED) is 0.797. The maximum Gasteiger partial charge on any atom is 0.267 e. The average Bonchev–Trinajstić information content (AvgIpc) is 2.39. The first-order valence-electron chi connectivity index (χ1n) is 5.96. The minimum atomic E-state index is -0.492. The van der Waals surface area contributed by atoms with Gasteiger partial charge < -0.3 is 16.4 Å². The van der Waals surface area contributed by atoms with Gasteiger partial charge in [-0.05, 0) is 31.4 Å². The Labute approximate surface area is 101 Å². The third kappa shape index (κ3) is 2.55.